The van der Waals surface area contributed by atoms with Crippen molar-refractivity contribution in [3.63, 3.8) is 0 Å². The number of nitrogens with one attached hydrogen (secondary N) is 2. The number of hydrogen-bond donors (Lipinski definition) is 4. The lowest BCUT2D eigenvalue weighted by Crippen LogP contribution is -2.43. The number of amides is 2. The van der Waals surface area contributed by atoms with Crippen molar-refractivity contribution in [1.29, 1.82) is 0 Å². The van der Waals surface area contributed by atoms with Crippen molar-refractivity contribution in [2.24, 2.45) is 0 Å². The molecule has 0 heterocycles. The second-order valence-electron chi connectivity index (χ2n) is 6.97. The summed E-state index contributed by atoms with van der Waals surface area (Å²) in [6, 6.07) is 6.60. The molecule has 2 amide bonds. The Hall–Kier alpha value is -0.893. The second-order valence-corrected chi connectivity index (χ2v) is 12.4. The molecule has 0 fully saturated rings. The van der Waals surface area contributed by atoms with Crippen molar-refractivity contribution >= 4 is 36.0 Å². The first-order chi connectivity index (χ1) is 10.5. The number of aliphatic hydroxyl groups excluding tert-OH is 1. The van der Waals surface area contributed by atoms with Gasteiger partial charge in [-0.25, -0.2) is 4.79 Å². The molecule has 23 heavy (non-hydrogen) atoms. The molecule has 1 aromatic carbocycles. The molecule has 0 aromatic heterocycles. The fourth-order valence-electron chi connectivity index (χ4n) is 1.94. The molecule has 1 aromatic rings. The third-order valence-corrected chi connectivity index (χ3v) is 8.52. The molecule has 1 atom stereocenters. The summed E-state index contributed by atoms with van der Waals surface area (Å²) >= 11 is 3.34. The summed E-state index contributed by atoms with van der Waals surface area (Å²) in [4.78, 5) is 22.3. The first-order valence-electron chi connectivity index (χ1n) is 7.71. The number of halogens is 1. The van der Waals surface area contributed by atoms with Crippen molar-refractivity contribution in [3.8, 4) is 0 Å². The van der Waals surface area contributed by atoms with E-state index in [-0.39, 0.29) is 23.7 Å². The largest absolute Gasteiger partial charge is 0.432 e. The first kappa shape index (κ1) is 20.2. The molecular formula is C16H27BrN2O3Si. The normalized spacial score (nSPS) is 13.5. The minimum atomic E-state index is -2.29. The van der Waals surface area contributed by atoms with Crippen LogP contribution in [0.4, 0.5) is 10.5 Å². The van der Waals surface area contributed by atoms with Crippen molar-refractivity contribution in [3.05, 3.63) is 28.7 Å². The van der Waals surface area contributed by atoms with Crippen LogP contribution in [0.3, 0.4) is 0 Å². The molecule has 0 saturated heterocycles. The Bertz CT molecular complexity index is 515. The lowest BCUT2D eigenvalue weighted by Gasteiger charge is -2.36. The van der Waals surface area contributed by atoms with E-state index in [0.717, 1.165) is 10.9 Å². The summed E-state index contributed by atoms with van der Waals surface area (Å²) < 4.78 is 0.940. The maximum absolute atomic E-state index is 12.0. The van der Waals surface area contributed by atoms with Gasteiger partial charge in [0, 0.05) is 10.2 Å². The van der Waals surface area contributed by atoms with Gasteiger partial charge in [0.1, 0.15) is 0 Å². The fourth-order valence-corrected chi connectivity index (χ4v) is 2.96. The number of anilines is 1. The van der Waals surface area contributed by atoms with Crippen LogP contribution in [0.2, 0.25) is 18.1 Å². The summed E-state index contributed by atoms with van der Waals surface area (Å²) in [5.41, 5.74) is 0.687. The average molecular weight is 403 g/mol. The monoisotopic (exact) mass is 402 g/mol. The zero-order valence-corrected chi connectivity index (χ0v) is 16.8. The van der Waals surface area contributed by atoms with Crippen LogP contribution in [0.15, 0.2) is 28.7 Å². The SMILES string of the molecule is CC(C)(CC[C@@H](CO)NC(=O)Nc1ccc(Br)cc1)[Si](C)(C)O. The highest BCUT2D eigenvalue weighted by Crippen LogP contribution is 2.40. The van der Waals surface area contributed by atoms with Gasteiger partial charge in [-0.05, 0) is 55.2 Å². The molecule has 7 heteroatoms. The zero-order chi connectivity index (χ0) is 17.7. The summed E-state index contributed by atoms with van der Waals surface area (Å²) in [7, 11) is -2.29. The smallest absolute Gasteiger partial charge is 0.319 e. The highest BCUT2D eigenvalue weighted by Gasteiger charge is 2.37. The van der Waals surface area contributed by atoms with E-state index in [9.17, 15) is 14.7 Å². The minimum absolute atomic E-state index is 0.128. The summed E-state index contributed by atoms with van der Waals surface area (Å²) in [6.07, 6.45) is 1.36. The molecule has 1 rings (SSSR count). The van der Waals surface area contributed by atoms with Gasteiger partial charge < -0.3 is 20.5 Å². The second kappa shape index (κ2) is 8.28. The summed E-state index contributed by atoms with van der Waals surface area (Å²) in [6.45, 7) is 7.77. The molecule has 0 unspecified atom stereocenters. The highest BCUT2D eigenvalue weighted by molar-refractivity contribution is 9.10. The first-order valence-corrected chi connectivity index (χ1v) is 11.5. The van der Waals surface area contributed by atoms with Crippen LogP contribution in [0.1, 0.15) is 26.7 Å². The predicted molar refractivity (Wildman–Crippen MR) is 100 cm³/mol. The number of rotatable bonds is 7. The van der Waals surface area contributed by atoms with Crippen LogP contribution in [0.25, 0.3) is 0 Å². The van der Waals surface area contributed by atoms with Gasteiger partial charge in [-0.15, -0.1) is 0 Å². The van der Waals surface area contributed by atoms with Gasteiger partial charge in [-0.2, -0.15) is 0 Å². The van der Waals surface area contributed by atoms with E-state index in [0.29, 0.717) is 12.1 Å². The van der Waals surface area contributed by atoms with Crippen molar-refractivity contribution in [2.45, 2.75) is 50.9 Å². The van der Waals surface area contributed by atoms with E-state index < -0.39 is 8.32 Å². The van der Waals surface area contributed by atoms with E-state index in [4.69, 9.17) is 0 Å². The van der Waals surface area contributed by atoms with E-state index in [1.54, 1.807) is 12.1 Å². The topological polar surface area (TPSA) is 81.6 Å². The van der Waals surface area contributed by atoms with E-state index >= 15 is 0 Å². The Morgan fingerprint density at radius 2 is 1.87 bits per heavy atom. The molecule has 4 N–H and O–H groups in total. The van der Waals surface area contributed by atoms with E-state index in [2.05, 4.69) is 26.6 Å². The molecule has 0 aliphatic carbocycles. The van der Waals surface area contributed by atoms with Crippen molar-refractivity contribution < 1.29 is 14.7 Å². The Kier molecular flexibility index (Phi) is 7.25. The standard InChI is InChI=1S/C16H27BrN2O3Si/c1-16(2,23(3,4)22)10-9-14(11-20)19-15(21)18-13-7-5-12(17)6-8-13/h5-8,14,20,22H,9-11H2,1-4H3,(H2,18,19,21)/t14-/m0/s1. The Balaban J connectivity index is 2.52. The van der Waals surface area contributed by atoms with Crippen LogP contribution in [0, 0.1) is 0 Å². The van der Waals surface area contributed by atoms with Crippen molar-refractivity contribution in [1.82, 2.24) is 5.32 Å². The highest BCUT2D eigenvalue weighted by atomic mass is 79.9. The predicted octanol–water partition coefficient (Wildman–Crippen LogP) is 3.69. The molecular weight excluding hydrogens is 376 g/mol. The maximum atomic E-state index is 12.0. The lowest BCUT2D eigenvalue weighted by molar-refractivity contribution is 0.216. The van der Waals surface area contributed by atoms with Crippen molar-refractivity contribution in [2.75, 3.05) is 11.9 Å². The van der Waals surface area contributed by atoms with Crippen LogP contribution in [-0.2, 0) is 0 Å². The molecule has 130 valence electrons. The fraction of sp³-hybridized carbons (Fsp3) is 0.562. The van der Waals surface area contributed by atoms with E-state index in [1.807, 2.05) is 39.1 Å². The molecule has 5 nitrogen and oxygen atoms in total. The van der Waals surface area contributed by atoms with Crippen LogP contribution >= 0.6 is 15.9 Å². The number of carbonyl (C=O) groups excluding carboxylic acids is 1. The van der Waals surface area contributed by atoms with Gasteiger partial charge in [0.25, 0.3) is 0 Å². The summed E-state index contributed by atoms with van der Waals surface area (Å²) in [5.74, 6) is 0. The van der Waals surface area contributed by atoms with Gasteiger partial charge in [0.15, 0.2) is 8.32 Å². The Labute approximate surface area is 147 Å². The number of urea groups is 1. The molecule has 0 aliphatic heterocycles. The number of carbonyl (C=O) groups is 1. The summed E-state index contributed by atoms with van der Waals surface area (Å²) in [5, 5.41) is 14.8. The lowest BCUT2D eigenvalue weighted by atomic mass is 10.0. The molecule has 0 radical (unpaired) electrons. The Morgan fingerprint density at radius 3 is 2.35 bits per heavy atom. The zero-order valence-electron chi connectivity index (χ0n) is 14.2. The average Bonchev–Trinajstić information content (AvgIpc) is 2.44. The molecule has 0 bridgehead atoms. The van der Waals surface area contributed by atoms with Gasteiger partial charge in [0.2, 0.25) is 0 Å². The van der Waals surface area contributed by atoms with Gasteiger partial charge in [-0.1, -0.05) is 29.8 Å². The third kappa shape index (κ3) is 6.62. The molecule has 0 aliphatic rings. The van der Waals surface area contributed by atoms with Gasteiger partial charge >= 0.3 is 6.03 Å². The third-order valence-electron chi connectivity index (χ3n) is 4.43. The quantitative estimate of drug-likeness (QED) is 0.524. The number of hydrogen-bond acceptors (Lipinski definition) is 3. The number of aliphatic hydroxyl groups is 1. The minimum Gasteiger partial charge on any atom is -0.432 e. The van der Waals surface area contributed by atoms with Crippen LogP contribution in [0.5, 0.6) is 0 Å². The molecule has 0 spiro atoms. The Morgan fingerprint density at radius 1 is 1.30 bits per heavy atom. The van der Waals surface area contributed by atoms with Crippen LogP contribution in [-0.4, -0.2) is 36.9 Å². The number of benzene rings is 1. The van der Waals surface area contributed by atoms with E-state index in [1.165, 1.54) is 0 Å². The molecule has 0 saturated carbocycles. The van der Waals surface area contributed by atoms with Gasteiger partial charge in [0.05, 0.1) is 12.6 Å². The maximum Gasteiger partial charge on any atom is 0.319 e. The van der Waals surface area contributed by atoms with Gasteiger partial charge in [-0.3, -0.25) is 0 Å². The van der Waals surface area contributed by atoms with Crippen LogP contribution < -0.4 is 10.6 Å².